The van der Waals surface area contributed by atoms with Gasteiger partial charge in [-0.1, -0.05) is 18.2 Å². The number of aromatic nitrogens is 2. The zero-order valence-corrected chi connectivity index (χ0v) is 16.0. The summed E-state index contributed by atoms with van der Waals surface area (Å²) in [6.07, 6.45) is 1.41. The average Bonchev–Trinajstić information content (AvgIpc) is 3.30. The topological polar surface area (TPSA) is 84.4 Å². The fourth-order valence-electron chi connectivity index (χ4n) is 2.88. The smallest absolute Gasteiger partial charge is 0.410 e. The van der Waals surface area contributed by atoms with Crippen LogP contribution < -0.4 is 5.32 Å². The number of nitrogens with one attached hydrogen (secondary N) is 1. The zero-order chi connectivity index (χ0) is 19.5. The van der Waals surface area contributed by atoms with Gasteiger partial charge in [0.15, 0.2) is 0 Å². The van der Waals surface area contributed by atoms with E-state index < -0.39 is 0 Å². The summed E-state index contributed by atoms with van der Waals surface area (Å²) in [4.78, 5) is 35.1. The Labute approximate surface area is 166 Å². The molecule has 4 rings (SSSR count). The highest BCUT2D eigenvalue weighted by atomic mass is 32.1. The number of anilines is 1. The predicted molar refractivity (Wildman–Crippen MR) is 106 cm³/mol. The van der Waals surface area contributed by atoms with Crippen LogP contribution in [0.5, 0.6) is 0 Å². The van der Waals surface area contributed by atoms with Crippen LogP contribution in [-0.4, -0.2) is 40.0 Å². The molecule has 0 aliphatic carbocycles. The number of hydrogen-bond acceptors (Lipinski definition) is 6. The van der Waals surface area contributed by atoms with Gasteiger partial charge in [0.1, 0.15) is 16.5 Å². The van der Waals surface area contributed by atoms with Crippen LogP contribution in [0, 0.1) is 6.92 Å². The van der Waals surface area contributed by atoms with E-state index in [4.69, 9.17) is 4.74 Å². The molecule has 142 valence electrons. The lowest BCUT2D eigenvalue weighted by molar-refractivity contribution is 0.102. The van der Waals surface area contributed by atoms with E-state index in [-0.39, 0.29) is 12.0 Å². The summed E-state index contributed by atoms with van der Waals surface area (Å²) >= 11 is 1.32. The van der Waals surface area contributed by atoms with Gasteiger partial charge in [-0.25, -0.2) is 9.78 Å². The molecular formula is C20H18N4O3S. The molecule has 2 amide bonds. The number of aryl methyl sites for hydroxylation is 1. The standard InChI is InChI=1S/C20H18N4O3S/c1-13-17(28-19(22-13)16-4-2-3-9-21-16)18(25)23-15-7-5-14(6-8-15)12-24-10-11-27-20(24)26/h2-9H,10-12H2,1H3,(H,23,25). The molecule has 1 aromatic carbocycles. The number of ether oxygens (including phenoxy) is 1. The van der Waals surface area contributed by atoms with Crippen LogP contribution in [0.15, 0.2) is 48.7 Å². The van der Waals surface area contributed by atoms with Gasteiger partial charge in [0.2, 0.25) is 0 Å². The molecule has 1 aliphatic heterocycles. The van der Waals surface area contributed by atoms with Gasteiger partial charge in [0.05, 0.1) is 17.9 Å². The normalized spacial score (nSPS) is 13.5. The minimum absolute atomic E-state index is 0.201. The van der Waals surface area contributed by atoms with E-state index in [0.717, 1.165) is 16.3 Å². The zero-order valence-electron chi connectivity index (χ0n) is 15.2. The Morgan fingerprint density at radius 2 is 2.07 bits per heavy atom. The number of pyridine rings is 1. The number of amides is 2. The summed E-state index contributed by atoms with van der Waals surface area (Å²) < 4.78 is 4.93. The van der Waals surface area contributed by atoms with Crippen LogP contribution in [0.2, 0.25) is 0 Å². The quantitative estimate of drug-likeness (QED) is 0.713. The molecule has 0 unspecified atom stereocenters. The highest BCUT2D eigenvalue weighted by molar-refractivity contribution is 7.17. The number of benzene rings is 1. The molecule has 3 aromatic rings. The molecule has 0 atom stereocenters. The Kier molecular flexibility index (Phi) is 5.03. The lowest BCUT2D eigenvalue weighted by atomic mass is 10.2. The van der Waals surface area contributed by atoms with Gasteiger partial charge >= 0.3 is 6.09 Å². The minimum Gasteiger partial charge on any atom is -0.448 e. The first kappa shape index (κ1) is 18.1. The van der Waals surface area contributed by atoms with Crippen molar-refractivity contribution in [1.82, 2.24) is 14.9 Å². The molecule has 1 fully saturated rings. The van der Waals surface area contributed by atoms with Gasteiger partial charge in [0, 0.05) is 18.4 Å². The monoisotopic (exact) mass is 394 g/mol. The van der Waals surface area contributed by atoms with E-state index >= 15 is 0 Å². The maximum atomic E-state index is 12.7. The number of thiazole rings is 1. The first-order valence-electron chi connectivity index (χ1n) is 8.81. The highest BCUT2D eigenvalue weighted by Crippen LogP contribution is 2.27. The molecular weight excluding hydrogens is 376 g/mol. The van der Waals surface area contributed by atoms with Crippen molar-refractivity contribution < 1.29 is 14.3 Å². The van der Waals surface area contributed by atoms with E-state index in [2.05, 4.69) is 15.3 Å². The summed E-state index contributed by atoms with van der Waals surface area (Å²) in [6.45, 7) is 3.34. The van der Waals surface area contributed by atoms with Crippen molar-refractivity contribution in [3.63, 3.8) is 0 Å². The molecule has 0 radical (unpaired) electrons. The number of cyclic esters (lactones) is 1. The third kappa shape index (κ3) is 3.86. The highest BCUT2D eigenvalue weighted by Gasteiger charge is 2.22. The Hall–Kier alpha value is -3.26. The van der Waals surface area contributed by atoms with Gasteiger partial charge in [-0.15, -0.1) is 11.3 Å². The largest absolute Gasteiger partial charge is 0.448 e. The van der Waals surface area contributed by atoms with Gasteiger partial charge in [0.25, 0.3) is 5.91 Å². The second-order valence-electron chi connectivity index (χ2n) is 6.34. The maximum absolute atomic E-state index is 12.7. The number of carbonyl (C=O) groups is 2. The Morgan fingerprint density at radius 1 is 1.25 bits per heavy atom. The SMILES string of the molecule is Cc1nc(-c2ccccn2)sc1C(=O)Nc1ccc(CN2CCOC2=O)cc1. The molecule has 2 aromatic heterocycles. The van der Waals surface area contributed by atoms with E-state index in [1.807, 2.05) is 49.4 Å². The number of carbonyl (C=O) groups excluding carboxylic acids is 2. The first-order valence-corrected chi connectivity index (χ1v) is 9.62. The lowest BCUT2D eigenvalue weighted by Crippen LogP contribution is -2.23. The van der Waals surface area contributed by atoms with Crippen molar-refractivity contribution in [3.8, 4) is 10.7 Å². The molecule has 3 heterocycles. The van der Waals surface area contributed by atoms with Crippen LogP contribution in [0.1, 0.15) is 20.9 Å². The van der Waals surface area contributed by atoms with E-state index in [1.165, 1.54) is 11.3 Å². The molecule has 1 saturated heterocycles. The van der Waals surface area contributed by atoms with Crippen LogP contribution in [0.3, 0.4) is 0 Å². The molecule has 28 heavy (non-hydrogen) atoms. The molecule has 7 nitrogen and oxygen atoms in total. The number of nitrogens with zero attached hydrogens (tertiary/aromatic N) is 3. The van der Waals surface area contributed by atoms with Crippen molar-refractivity contribution in [1.29, 1.82) is 0 Å². The Balaban J connectivity index is 1.44. The average molecular weight is 394 g/mol. The van der Waals surface area contributed by atoms with Gasteiger partial charge in [-0.05, 0) is 36.8 Å². The Bertz CT molecular complexity index is 1000. The molecule has 0 saturated carbocycles. The summed E-state index contributed by atoms with van der Waals surface area (Å²) in [7, 11) is 0. The van der Waals surface area contributed by atoms with Crippen molar-refractivity contribution >= 4 is 29.0 Å². The Morgan fingerprint density at radius 3 is 2.75 bits per heavy atom. The predicted octanol–water partition coefficient (Wildman–Crippen LogP) is 3.72. The van der Waals surface area contributed by atoms with Crippen molar-refractivity contribution in [2.24, 2.45) is 0 Å². The van der Waals surface area contributed by atoms with Crippen LogP contribution in [0.25, 0.3) is 10.7 Å². The summed E-state index contributed by atoms with van der Waals surface area (Å²) in [5, 5.41) is 3.62. The molecule has 1 N–H and O–H groups in total. The van der Waals surface area contributed by atoms with Crippen LogP contribution in [-0.2, 0) is 11.3 Å². The number of rotatable bonds is 5. The van der Waals surface area contributed by atoms with Crippen molar-refractivity contribution in [3.05, 3.63) is 64.8 Å². The van der Waals surface area contributed by atoms with E-state index in [1.54, 1.807) is 11.1 Å². The van der Waals surface area contributed by atoms with Crippen LogP contribution >= 0.6 is 11.3 Å². The van der Waals surface area contributed by atoms with Gasteiger partial charge in [-0.3, -0.25) is 9.78 Å². The molecule has 1 aliphatic rings. The van der Waals surface area contributed by atoms with E-state index in [9.17, 15) is 9.59 Å². The molecule has 0 bridgehead atoms. The van der Waals surface area contributed by atoms with Gasteiger partial charge < -0.3 is 15.0 Å². The second-order valence-corrected chi connectivity index (χ2v) is 7.33. The van der Waals surface area contributed by atoms with Crippen LogP contribution in [0.4, 0.5) is 10.5 Å². The fourth-order valence-corrected chi connectivity index (χ4v) is 3.82. The second kappa shape index (κ2) is 7.77. The van der Waals surface area contributed by atoms with Crippen molar-refractivity contribution in [2.75, 3.05) is 18.5 Å². The third-order valence-electron chi connectivity index (χ3n) is 4.32. The molecule has 8 heteroatoms. The molecule has 0 spiro atoms. The summed E-state index contributed by atoms with van der Waals surface area (Å²) in [6, 6.07) is 13.0. The van der Waals surface area contributed by atoms with E-state index in [0.29, 0.717) is 36.0 Å². The first-order chi connectivity index (χ1) is 13.6. The fraction of sp³-hybridized carbons (Fsp3) is 0.200. The lowest BCUT2D eigenvalue weighted by Gasteiger charge is -2.13. The number of hydrogen-bond donors (Lipinski definition) is 1. The van der Waals surface area contributed by atoms with Crippen molar-refractivity contribution in [2.45, 2.75) is 13.5 Å². The minimum atomic E-state index is -0.290. The van der Waals surface area contributed by atoms with Gasteiger partial charge in [-0.2, -0.15) is 0 Å². The maximum Gasteiger partial charge on any atom is 0.410 e. The summed E-state index contributed by atoms with van der Waals surface area (Å²) in [5.41, 5.74) is 3.08. The third-order valence-corrected chi connectivity index (χ3v) is 5.50. The summed E-state index contributed by atoms with van der Waals surface area (Å²) in [5.74, 6) is -0.201.